The van der Waals surface area contributed by atoms with E-state index in [9.17, 15) is 4.79 Å². The predicted molar refractivity (Wildman–Crippen MR) is 80.9 cm³/mol. The van der Waals surface area contributed by atoms with Crippen molar-refractivity contribution in [2.75, 3.05) is 20.2 Å². The number of nitrogens with zero attached hydrogens (tertiary/aromatic N) is 1. The molecule has 3 N–H and O–H groups in total. The van der Waals surface area contributed by atoms with Gasteiger partial charge in [0, 0.05) is 19.6 Å². The van der Waals surface area contributed by atoms with Crippen LogP contribution in [0.15, 0.2) is 4.99 Å². The van der Waals surface area contributed by atoms with Crippen LogP contribution in [0.3, 0.4) is 0 Å². The van der Waals surface area contributed by atoms with E-state index in [1.165, 1.54) is 0 Å². The second kappa shape index (κ2) is 8.66. The second-order valence-electron chi connectivity index (χ2n) is 5.22. The Bertz CT molecular complexity index is 329. The minimum atomic E-state index is -0.337. The van der Waals surface area contributed by atoms with Crippen molar-refractivity contribution in [3.05, 3.63) is 0 Å². The molecular formula is C14H28N4O2. The largest absolute Gasteiger partial charge is 0.450 e. The Hall–Kier alpha value is -1.46. The second-order valence-corrected chi connectivity index (χ2v) is 5.22. The molecular weight excluding hydrogens is 256 g/mol. The van der Waals surface area contributed by atoms with E-state index < -0.39 is 0 Å². The molecule has 2 atom stereocenters. The first kappa shape index (κ1) is 16.6. The molecule has 0 heterocycles. The molecule has 1 rings (SSSR count). The molecule has 1 aliphatic rings. The Morgan fingerprint density at radius 3 is 2.55 bits per heavy atom. The molecule has 1 amide bonds. The fourth-order valence-corrected chi connectivity index (χ4v) is 1.90. The molecule has 2 unspecified atom stereocenters. The summed E-state index contributed by atoms with van der Waals surface area (Å²) in [6.45, 7) is 7.11. The third kappa shape index (κ3) is 6.12. The number of amides is 1. The highest BCUT2D eigenvalue weighted by atomic mass is 16.5. The first-order valence-corrected chi connectivity index (χ1v) is 7.51. The minimum absolute atomic E-state index is 0.101. The Kier molecular flexibility index (Phi) is 7.18. The first-order chi connectivity index (χ1) is 9.60. The van der Waals surface area contributed by atoms with E-state index in [2.05, 4.69) is 34.8 Å². The van der Waals surface area contributed by atoms with Crippen molar-refractivity contribution in [2.45, 2.75) is 52.1 Å². The molecule has 0 aromatic heterocycles. The Morgan fingerprint density at radius 1 is 1.35 bits per heavy atom. The van der Waals surface area contributed by atoms with Crippen molar-refractivity contribution in [3.8, 4) is 0 Å². The number of hydrogen-bond donors (Lipinski definition) is 3. The molecule has 0 spiro atoms. The third-order valence-electron chi connectivity index (χ3n) is 3.48. The zero-order valence-corrected chi connectivity index (χ0v) is 13.0. The zero-order valence-electron chi connectivity index (χ0n) is 13.0. The number of carbonyl (C=O) groups is 1. The maximum absolute atomic E-state index is 11.5. The fourth-order valence-electron chi connectivity index (χ4n) is 1.90. The van der Waals surface area contributed by atoms with E-state index in [1.54, 1.807) is 7.05 Å². The summed E-state index contributed by atoms with van der Waals surface area (Å²) in [5.41, 5.74) is 0. The summed E-state index contributed by atoms with van der Waals surface area (Å²) < 4.78 is 4.94. The van der Waals surface area contributed by atoms with Gasteiger partial charge in [0.25, 0.3) is 0 Å². The number of rotatable bonds is 7. The van der Waals surface area contributed by atoms with Crippen LogP contribution in [0.1, 0.15) is 40.0 Å². The van der Waals surface area contributed by atoms with Crippen molar-refractivity contribution in [2.24, 2.45) is 10.9 Å². The number of nitrogens with one attached hydrogen (secondary N) is 3. The summed E-state index contributed by atoms with van der Waals surface area (Å²) in [4.78, 5) is 15.7. The quantitative estimate of drug-likeness (QED) is 0.489. The average molecular weight is 284 g/mol. The van der Waals surface area contributed by atoms with Crippen molar-refractivity contribution in [3.63, 3.8) is 0 Å². The monoisotopic (exact) mass is 284 g/mol. The van der Waals surface area contributed by atoms with Crippen molar-refractivity contribution in [1.29, 1.82) is 0 Å². The van der Waals surface area contributed by atoms with Crippen LogP contribution in [0.25, 0.3) is 0 Å². The standard InChI is InChI=1S/C14H28N4O2/c1-5-10(3)17-13(15-4)16-9-12(11-7-8-11)18-14(19)20-6-2/h10-12H,5-9H2,1-4H3,(H,18,19)(H2,15,16,17). The fraction of sp³-hybridized carbons (Fsp3) is 0.857. The van der Waals surface area contributed by atoms with E-state index >= 15 is 0 Å². The van der Waals surface area contributed by atoms with Crippen LogP contribution in [-0.2, 0) is 4.74 Å². The molecule has 0 bridgehead atoms. The number of hydrogen-bond acceptors (Lipinski definition) is 3. The summed E-state index contributed by atoms with van der Waals surface area (Å²) in [6, 6.07) is 0.475. The maximum atomic E-state index is 11.5. The van der Waals surface area contributed by atoms with Gasteiger partial charge in [-0.25, -0.2) is 4.79 Å². The number of guanidine groups is 1. The van der Waals surface area contributed by atoms with Crippen LogP contribution in [-0.4, -0.2) is 44.3 Å². The van der Waals surface area contributed by atoms with Crippen LogP contribution in [0.4, 0.5) is 4.79 Å². The Morgan fingerprint density at radius 2 is 2.05 bits per heavy atom. The molecule has 6 nitrogen and oxygen atoms in total. The van der Waals surface area contributed by atoms with Crippen LogP contribution in [0.2, 0.25) is 0 Å². The SMILES string of the molecule is CCOC(=O)NC(CNC(=NC)NC(C)CC)C1CC1. The van der Waals surface area contributed by atoms with E-state index in [0.717, 1.165) is 25.2 Å². The summed E-state index contributed by atoms with van der Waals surface area (Å²) in [5.74, 6) is 1.32. The molecule has 1 fully saturated rings. The average Bonchev–Trinajstić information content (AvgIpc) is 3.26. The summed E-state index contributed by atoms with van der Waals surface area (Å²) >= 11 is 0. The van der Waals surface area contributed by atoms with Crippen LogP contribution in [0, 0.1) is 5.92 Å². The van der Waals surface area contributed by atoms with Gasteiger partial charge in [-0.3, -0.25) is 4.99 Å². The van der Waals surface area contributed by atoms with E-state index in [-0.39, 0.29) is 12.1 Å². The van der Waals surface area contributed by atoms with Crippen molar-refractivity contribution in [1.82, 2.24) is 16.0 Å². The van der Waals surface area contributed by atoms with E-state index in [4.69, 9.17) is 4.74 Å². The number of alkyl carbamates (subject to hydrolysis) is 1. The zero-order chi connectivity index (χ0) is 15.0. The lowest BCUT2D eigenvalue weighted by atomic mass is 10.2. The molecule has 0 radical (unpaired) electrons. The van der Waals surface area contributed by atoms with Gasteiger partial charge < -0.3 is 20.7 Å². The summed E-state index contributed by atoms with van der Waals surface area (Å²) in [7, 11) is 1.75. The topological polar surface area (TPSA) is 74.8 Å². The molecule has 1 saturated carbocycles. The third-order valence-corrected chi connectivity index (χ3v) is 3.48. The highest BCUT2D eigenvalue weighted by Crippen LogP contribution is 2.32. The lowest BCUT2D eigenvalue weighted by Gasteiger charge is -2.21. The lowest BCUT2D eigenvalue weighted by molar-refractivity contribution is 0.146. The summed E-state index contributed by atoms with van der Waals surface area (Å²) in [6.07, 6.45) is 3.02. The molecule has 0 aromatic carbocycles. The maximum Gasteiger partial charge on any atom is 0.407 e. The smallest absolute Gasteiger partial charge is 0.407 e. The van der Waals surface area contributed by atoms with Crippen LogP contribution in [0.5, 0.6) is 0 Å². The molecule has 6 heteroatoms. The number of carbonyl (C=O) groups excluding carboxylic acids is 1. The number of ether oxygens (including phenoxy) is 1. The molecule has 20 heavy (non-hydrogen) atoms. The van der Waals surface area contributed by atoms with Gasteiger partial charge in [-0.15, -0.1) is 0 Å². The highest BCUT2D eigenvalue weighted by Gasteiger charge is 2.32. The van der Waals surface area contributed by atoms with Gasteiger partial charge in [0.2, 0.25) is 0 Å². The van der Waals surface area contributed by atoms with Gasteiger partial charge in [0.15, 0.2) is 5.96 Å². The van der Waals surface area contributed by atoms with Crippen molar-refractivity contribution >= 4 is 12.1 Å². The van der Waals surface area contributed by atoms with Gasteiger partial charge in [0.1, 0.15) is 0 Å². The van der Waals surface area contributed by atoms with Gasteiger partial charge in [0.05, 0.1) is 12.6 Å². The molecule has 1 aliphatic carbocycles. The Labute approximate surface area is 121 Å². The predicted octanol–water partition coefficient (Wildman–Crippen LogP) is 1.47. The van der Waals surface area contributed by atoms with Gasteiger partial charge in [-0.1, -0.05) is 6.92 Å². The first-order valence-electron chi connectivity index (χ1n) is 7.51. The van der Waals surface area contributed by atoms with Crippen LogP contribution >= 0.6 is 0 Å². The summed E-state index contributed by atoms with van der Waals surface area (Å²) in [5, 5.41) is 9.50. The number of aliphatic imine (C=N–C) groups is 1. The van der Waals surface area contributed by atoms with Gasteiger partial charge in [-0.05, 0) is 39.0 Å². The van der Waals surface area contributed by atoms with E-state index in [1.807, 2.05) is 6.92 Å². The molecule has 0 saturated heterocycles. The van der Waals surface area contributed by atoms with Gasteiger partial charge in [-0.2, -0.15) is 0 Å². The minimum Gasteiger partial charge on any atom is -0.450 e. The highest BCUT2D eigenvalue weighted by molar-refractivity contribution is 5.80. The normalized spacial score (nSPS) is 18.1. The molecule has 116 valence electrons. The Balaban J connectivity index is 2.39. The van der Waals surface area contributed by atoms with E-state index in [0.29, 0.717) is 25.1 Å². The van der Waals surface area contributed by atoms with Crippen LogP contribution < -0.4 is 16.0 Å². The lowest BCUT2D eigenvalue weighted by Crippen LogP contribution is -2.49. The molecule has 0 aliphatic heterocycles. The van der Waals surface area contributed by atoms with Crippen molar-refractivity contribution < 1.29 is 9.53 Å². The van der Waals surface area contributed by atoms with Gasteiger partial charge >= 0.3 is 6.09 Å². The molecule has 0 aromatic rings.